The first-order chi connectivity index (χ1) is 9.30. The van der Waals surface area contributed by atoms with Crippen molar-refractivity contribution in [3.63, 3.8) is 0 Å². The van der Waals surface area contributed by atoms with Crippen LogP contribution in [0.4, 0.5) is 0 Å². The molecule has 0 atom stereocenters. The first-order valence-electron chi connectivity index (χ1n) is 7.44. The Morgan fingerprint density at radius 2 is 1.74 bits per heavy atom. The van der Waals surface area contributed by atoms with E-state index in [1.807, 2.05) is 0 Å². The van der Waals surface area contributed by atoms with Crippen LogP contribution in [-0.4, -0.2) is 37.7 Å². The number of aryl methyl sites for hydroxylation is 1. The Hall–Kier alpha value is -1.06. The van der Waals surface area contributed by atoms with E-state index in [4.69, 9.17) is 10.5 Å². The van der Waals surface area contributed by atoms with E-state index in [1.165, 1.54) is 5.56 Å². The monoisotopic (exact) mass is 264 g/mol. The summed E-state index contributed by atoms with van der Waals surface area (Å²) in [6.45, 7) is 9.29. The first kappa shape index (κ1) is 16.0. The predicted octanol–water partition coefficient (Wildman–Crippen LogP) is 2.69. The number of nitrogens with zero attached hydrogens (tertiary/aromatic N) is 1. The summed E-state index contributed by atoms with van der Waals surface area (Å²) in [5.41, 5.74) is 6.84. The quantitative estimate of drug-likeness (QED) is 0.660. The van der Waals surface area contributed by atoms with Crippen LogP contribution >= 0.6 is 0 Å². The maximum Gasteiger partial charge on any atom is 0.119 e. The van der Waals surface area contributed by atoms with Crippen LogP contribution in [0.25, 0.3) is 0 Å². The standard InChI is InChI=1S/C16H28N2O/c1-3-18(4-2)13-6-14-19-16-10-8-15(9-11-16)7-5-12-17/h8-11H,3-7,12-14,17H2,1-2H3. The van der Waals surface area contributed by atoms with Gasteiger partial charge in [0.1, 0.15) is 5.75 Å². The van der Waals surface area contributed by atoms with Gasteiger partial charge in [-0.15, -0.1) is 0 Å². The van der Waals surface area contributed by atoms with E-state index in [0.29, 0.717) is 0 Å². The Kier molecular flexibility index (Phi) is 8.26. The van der Waals surface area contributed by atoms with E-state index in [0.717, 1.165) is 57.8 Å². The lowest BCUT2D eigenvalue weighted by atomic mass is 10.1. The summed E-state index contributed by atoms with van der Waals surface area (Å²) in [5, 5.41) is 0. The minimum atomic E-state index is 0.754. The Bertz CT molecular complexity index is 320. The van der Waals surface area contributed by atoms with Crippen molar-refractivity contribution in [2.45, 2.75) is 33.1 Å². The molecule has 0 aliphatic heterocycles. The predicted molar refractivity (Wildman–Crippen MR) is 81.7 cm³/mol. The molecular formula is C16H28N2O. The maximum atomic E-state index is 5.75. The zero-order valence-corrected chi connectivity index (χ0v) is 12.4. The average Bonchev–Trinajstić information content (AvgIpc) is 2.46. The van der Waals surface area contributed by atoms with Gasteiger partial charge in [-0.3, -0.25) is 0 Å². The van der Waals surface area contributed by atoms with Crippen molar-refractivity contribution < 1.29 is 4.74 Å². The number of hydrogen-bond donors (Lipinski definition) is 1. The number of nitrogens with two attached hydrogens (primary N) is 1. The molecule has 1 aromatic carbocycles. The second-order valence-electron chi connectivity index (χ2n) is 4.77. The number of benzene rings is 1. The molecule has 0 saturated heterocycles. The topological polar surface area (TPSA) is 38.5 Å². The second-order valence-corrected chi connectivity index (χ2v) is 4.77. The lowest BCUT2D eigenvalue weighted by molar-refractivity contribution is 0.249. The van der Waals surface area contributed by atoms with E-state index in [2.05, 4.69) is 43.0 Å². The fourth-order valence-electron chi connectivity index (χ4n) is 2.08. The van der Waals surface area contributed by atoms with Gasteiger partial charge in [-0.1, -0.05) is 26.0 Å². The SMILES string of the molecule is CCN(CC)CCCOc1ccc(CCCN)cc1. The van der Waals surface area contributed by atoms with Crippen LogP contribution in [0.3, 0.4) is 0 Å². The summed E-state index contributed by atoms with van der Waals surface area (Å²) < 4.78 is 5.75. The molecular weight excluding hydrogens is 236 g/mol. The number of hydrogen-bond acceptors (Lipinski definition) is 3. The van der Waals surface area contributed by atoms with E-state index in [-0.39, 0.29) is 0 Å². The highest BCUT2D eigenvalue weighted by Crippen LogP contribution is 2.13. The highest BCUT2D eigenvalue weighted by atomic mass is 16.5. The third-order valence-corrected chi connectivity index (χ3v) is 3.37. The van der Waals surface area contributed by atoms with Gasteiger partial charge < -0.3 is 15.4 Å². The van der Waals surface area contributed by atoms with E-state index < -0.39 is 0 Å². The third-order valence-electron chi connectivity index (χ3n) is 3.37. The molecule has 2 N–H and O–H groups in total. The molecule has 0 bridgehead atoms. The molecule has 1 aromatic rings. The summed E-state index contributed by atoms with van der Waals surface area (Å²) in [5.74, 6) is 0.969. The summed E-state index contributed by atoms with van der Waals surface area (Å²) in [7, 11) is 0. The van der Waals surface area contributed by atoms with Crippen LogP contribution in [0.1, 0.15) is 32.3 Å². The van der Waals surface area contributed by atoms with Crippen molar-refractivity contribution >= 4 is 0 Å². The van der Waals surface area contributed by atoms with Gasteiger partial charge in [0.15, 0.2) is 0 Å². The first-order valence-corrected chi connectivity index (χ1v) is 7.44. The Labute approximate surface area is 117 Å². The molecule has 1 rings (SSSR count). The number of ether oxygens (including phenoxy) is 1. The van der Waals surface area contributed by atoms with Gasteiger partial charge in [0.2, 0.25) is 0 Å². The van der Waals surface area contributed by atoms with Crippen LogP contribution in [-0.2, 0) is 6.42 Å². The summed E-state index contributed by atoms with van der Waals surface area (Å²) in [6, 6.07) is 8.39. The minimum absolute atomic E-state index is 0.754. The molecule has 0 heterocycles. The normalized spacial score (nSPS) is 10.9. The van der Waals surface area contributed by atoms with E-state index >= 15 is 0 Å². The van der Waals surface area contributed by atoms with Gasteiger partial charge in [-0.05, 0) is 56.6 Å². The molecule has 0 fully saturated rings. The molecule has 0 aliphatic carbocycles. The van der Waals surface area contributed by atoms with Gasteiger partial charge in [-0.25, -0.2) is 0 Å². The van der Waals surface area contributed by atoms with Crippen molar-refractivity contribution in [1.82, 2.24) is 4.90 Å². The molecule has 0 aliphatic rings. The molecule has 0 aromatic heterocycles. The molecule has 0 unspecified atom stereocenters. The summed E-state index contributed by atoms with van der Waals surface area (Å²) in [6.07, 6.45) is 3.18. The van der Waals surface area contributed by atoms with Gasteiger partial charge in [-0.2, -0.15) is 0 Å². The lowest BCUT2D eigenvalue weighted by Crippen LogP contribution is -2.25. The fourth-order valence-corrected chi connectivity index (χ4v) is 2.08. The zero-order valence-electron chi connectivity index (χ0n) is 12.4. The Balaban J connectivity index is 2.22. The van der Waals surface area contributed by atoms with Gasteiger partial charge in [0.05, 0.1) is 6.61 Å². The molecule has 19 heavy (non-hydrogen) atoms. The minimum Gasteiger partial charge on any atom is -0.494 e. The molecule has 3 heteroatoms. The Morgan fingerprint density at radius 3 is 2.32 bits per heavy atom. The van der Waals surface area contributed by atoms with Gasteiger partial charge in [0, 0.05) is 6.54 Å². The van der Waals surface area contributed by atoms with Crippen LogP contribution < -0.4 is 10.5 Å². The molecule has 0 amide bonds. The maximum absolute atomic E-state index is 5.75. The third kappa shape index (κ3) is 6.60. The second kappa shape index (κ2) is 9.82. The Morgan fingerprint density at radius 1 is 1.05 bits per heavy atom. The van der Waals surface area contributed by atoms with E-state index in [1.54, 1.807) is 0 Å². The zero-order chi connectivity index (χ0) is 13.9. The number of rotatable bonds is 10. The van der Waals surface area contributed by atoms with Crippen molar-refractivity contribution in [1.29, 1.82) is 0 Å². The molecule has 108 valence electrons. The van der Waals surface area contributed by atoms with Crippen LogP contribution in [0, 0.1) is 0 Å². The van der Waals surface area contributed by atoms with Crippen LogP contribution in [0.15, 0.2) is 24.3 Å². The smallest absolute Gasteiger partial charge is 0.119 e. The summed E-state index contributed by atoms with van der Waals surface area (Å²) >= 11 is 0. The van der Waals surface area contributed by atoms with Gasteiger partial charge >= 0.3 is 0 Å². The van der Waals surface area contributed by atoms with Gasteiger partial charge in [0.25, 0.3) is 0 Å². The van der Waals surface area contributed by atoms with Crippen molar-refractivity contribution in [3.05, 3.63) is 29.8 Å². The van der Waals surface area contributed by atoms with Crippen molar-refractivity contribution in [3.8, 4) is 5.75 Å². The van der Waals surface area contributed by atoms with Crippen molar-refractivity contribution in [2.75, 3.05) is 32.8 Å². The highest BCUT2D eigenvalue weighted by Gasteiger charge is 1.99. The highest BCUT2D eigenvalue weighted by molar-refractivity contribution is 5.27. The summed E-state index contributed by atoms with van der Waals surface area (Å²) in [4.78, 5) is 2.42. The lowest BCUT2D eigenvalue weighted by Gasteiger charge is -2.17. The van der Waals surface area contributed by atoms with Crippen LogP contribution in [0.5, 0.6) is 5.75 Å². The average molecular weight is 264 g/mol. The van der Waals surface area contributed by atoms with E-state index in [9.17, 15) is 0 Å². The molecule has 3 nitrogen and oxygen atoms in total. The molecule has 0 spiro atoms. The molecule has 0 radical (unpaired) electrons. The fraction of sp³-hybridized carbons (Fsp3) is 0.625. The van der Waals surface area contributed by atoms with Crippen LogP contribution in [0.2, 0.25) is 0 Å². The molecule has 0 saturated carbocycles. The van der Waals surface area contributed by atoms with Crippen molar-refractivity contribution in [2.24, 2.45) is 5.73 Å². The largest absolute Gasteiger partial charge is 0.494 e.